The van der Waals surface area contributed by atoms with Crippen LogP contribution < -0.4 is 5.32 Å². The first-order valence-electron chi connectivity index (χ1n) is 7.29. The fraction of sp³-hybridized carbons (Fsp3) is 0.500. The predicted octanol–water partition coefficient (Wildman–Crippen LogP) is 2.55. The summed E-state index contributed by atoms with van der Waals surface area (Å²) in [4.78, 5) is 23.2. The van der Waals surface area contributed by atoms with Crippen LogP contribution in [0.3, 0.4) is 0 Å². The zero-order valence-electron chi connectivity index (χ0n) is 11.3. The lowest BCUT2D eigenvalue weighted by Gasteiger charge is -2.25. The first-order valence-corrected chi connectivity index (χ1v) is 7.29. The molecule has 1 aromatic carbocycles. The minimum atomic E-state index is -0.938. The molecule has 20 heavy (non-hydrogen) atoms. The molecule has 0 aliphatic heterocycles. The van der Waals surface area contributed by atoms with Crippen LogP contribution in [0.4, 0.5) is 0 Å². The smallest absolute Gasteiger partial charge is 0.326 e. The average molecular weight is 273 g/mol. The summed E-state index contributed by atoms with van der Waals surface area (Å²) in [5.41, 5.74) is 1.82. The minimum absolute atomic E-state index is 0.102. The molecule has 0 heterocycles. The van der Waals surface area contributed by atoms with E-state index in [1.54, 1.807) is 12.1 Å². The Morgan fingerprint density at radius 2 is 1.75 bits per heavy atom. The fourth-order valence-electron chi connectivity index (χ4n) is 2.68. The van der Waals surface area contributed by atoms with E-state index in [-0.39, 0.29) is 11.8 Å². The van der Waals surface area contributed by atoms with Crippen molar-refractivity contribution in [3.05, 3.63) is 35.4 Å². The third kappa shape index (κ3) is 2.69. The number of carboxylic acids is 1. The summed E-state index contributed by atoms with van der Waals surface area (Å²) >= 11 is 0. The molecule has 1 amide bonds. The van der Waals surface area contributed by atoms with E-state index in [1.165, 1.54) is 24.8 Å². The first kappa shape index (κ1) is 13.2. The second-order valence-corrected chi connectivity index (χ2v) is 5.88. The maximum Gasteiger partial charge on any atom is 0.326 e. The molecule has 1 atom stereocenters. The normalized spacial score (nSPS) is 20.0. The largest absolute Gasteiger partial charge is 0.480 e. The van der Waals surface area contributed by atoms with Crippen molar-refractivity contribution in [2.45, 2.75) is 44.1 Å². The van der Waals surface area contributed by atoms with Gasteiger partial charge in [0.05, 0.1) is 0 Å². The van der Waals surface area contributed by atoms with E-state index in [0.29, 0.717) is 11.5 Å². The van der Waals surface area contributed by atoms with Gasteiger partial charge in [0.1, 0.15) is 6.04 Å². The second kappa shape index (κ2) is 5.27. The summed E-state index contributed by atoms with van der Waals surface area (Å²) in [5, 5.41) is 11.8. The molecule has 0 bridgehead atoms. The van der Waals surface area contributed by atoms with Gasteiger partial charge in [-0.25, -0.2) is 4.79 Å². The molecule has 2 aliphatic rings. The molecule has 0 saturated heterocycles. The SMILES string of the molecule is O=C(NC(C(=O)O)C1CC1)c1ccc(C2CCC2)cc1. The van der Waals surface area contributed by atoms with Gasteiger partial charge < -0.3 is 10.4 Å². The van der Waals surface area contributed by atoms with Gasteiger partial charge in [-0.15, -0.1) is 0 Å². The van der Waals surface area contributed by atoms with E-state index >= 15 is 0 Å². The Labute approximate surface area is 118 Å². The highest BCUT2D eigenvalue weighted by molar-refractivity contribution is 5.96. The number of hydrogen-bond acceptors (Lipinski definition) is 2. The number of hydrogen-bond donors (Lipinski definition) is 2. The third-order valence-corrected chi connectivity index (χ3v) is 4.40. The van der Waals surface area contributed by atoms with Gasteiger partial charge in [0.25, 0.3) is 5.91 Å². The standard InChI is InChI=1S/C16H19NO3/c18-15(17-14(16(19)20)12-6-7-12)13-8-4-11(5-9-13)10-2-1-3-10/h4-5,8-10,12,14H,1-3,6-7H2,(H,17,18)(H,19,20). The lowest BCUT2D eigenvalue weighted by molar-refractivity contribution is -0.139. The maximum absolute atomic E-state index is 12.1. The lowest BCUT2D eigenvalue weighted by atomic mass is 9.80. The zero-order chi connectivity index (χ0) is 14.1. The van der Waals surface area contributed by atoms with Crippen LogP contribution in [0.2, 0.25) is 0 Å². The molecule has 2 N–H and O–H groups in total. The van der Waals surface area contributed by atoms with Crippen molar-refractivity contribution in [3.63, 3.8) is 0 Å². The summed E-state index contributed by atoms with van der Waals surface area (Å²) in [5.74, 6) is -0.479. The van der Waals surface area contributed by atoms with Crippen molar-refractivity contribution < 1.29 is 14.7 Å². The van der Waals surface area contributed by atoms with Gasteiger partial charge in [0.15, 0.2) is 0 Å². The van der Waals surface area contributed by atoms with Crippen LogP contribution in [0.1, 0.15) is 53.9 Å². The molecular formula is C16H19NO3. The second-order valence-electron chi connectivity index (χ2n) is 5.88. The highest BCUT2D eigenvalue weighted by Gasteiger charge is 2.37. The van der Waals surface area contributed by atoms with E-state index in [4.69, 9.17) is 5.11 Å². The molecule has 0 aromatic heterocycles. The van der Waals surface area contributed by atoms with Gasteiger partial charge >= 0.3 is 5.97 Å². The maximum atomic E-state index is 12.1. The van der Waals surface area contributed by atoms with Crippen LogP contribution in [-0.2, 0) is 4.79 Å². The van der Waals surface area contributed by atoms with E-state index in [0.717, 1.165) is 12.8 Å². The Morgan fingerprint density at radius 3 is 2.20 bits per heavy atom. The van der Waals surface area contributed by atoms with Crippen molar-refractivity contribution in [2.24, 2.45) is 5.92 Å². The van der Waals surface area contributed by atoms with Crippen LogP contribution in [0.15, 0.2) is 24.3 Å². The van der Waals surface area contributed by atoms with Crippen molar-refractivity contribution in [2.75, 3.05) is 0 Å². The van der Waals surface area contributed by atoms with Crippen molar-refractivity contribution in [1.82, 2.24) is 5.32 Å². The highest BCUT2D eigenvalue weighted by Crippen LogP contribution is 2.36. The van der Waals surface area contributed by atoms with Gasteiger partial charge in [-0.05, 0) is 55.2 Å². The Kier molecular flexibility index (Phi) is 3.47. The van der Waals surface area contributed by atoms with E-state index in [1.807, 2.05) is 12.1 Å². The van der Waals surface area contributed by atoms with E-state index in [2.05, 4.69) is 5.32 Å². The van der Waals surface area contributed by atoms with Crippen LogP contribution in [0, 0.1) is 5.92 Å². The molecular weight excluding hydrogens is 254 g/mol. The molecule has 0 radical (unpaired) electrons. The monoisotopic (exact) mass is 273 g/mol. The van der Waals surface area contributed by atoms with Crippen molar-refractivity contribution in [3.8, 4) is 0 Å². The van der Waals surface area contributed by atoms with Crippen LogP contribution in [-0.4, -0.2) is 23.0 Å². The Morgan fingerprint density at radius 1 is 1.10 bits per heavy atom. The summed E-state index contributed by atoms with van der Waals surface area (Å²) in [6.07, 6.45) is 5.52. The summed E-state index contributed by atoms with van der Waals surface area (Å²) in [7, 11) is 0. The Balaban J connectivity index is 1.65. The Bertz CT molecular complexity index is 515. The minimum Gasteiger partial charge on any atom is -0.480 e. The molecule has 3 rings (SSSR count). The van der Waals surface area contributed by atoms with E-state index in [9.17, 15) is 9.59 Å². The Hall–Kier alpha value is -1.84. The number of carbonyl (C=O) groups is 2. The topological polar surface area (TPSA) is 66.4 Å². The molecule has 2 fully saturated rings. The van der Waals surface area contributed by atoms with Gasteiger partial charge in [-0.3, -0.25) is 4.79 Å². The first-order chi connectivity index (χ1) is 9.65. The van der Waals surface area contributed by atoms with Gasteiger partial charge in [0.2, 0.25) is 0 Å². The van der Waals surface area contributed by atoms with Gasteiger partial charge in [-0.2, -0.15) is 0 Å². The van der Waals surface area contributed by atoms with Crippen LogP contribution in [0.25, 0.3) is 0 Å². The molecule has 4 nitrogen and oxygen atoms in total. The molecule has 2 aliphatic carbocycles. The van der Waals surface area contributed by atoms with Crippen LogP contribution >= 0.6 is 0 Å². The van der Waals surface area contributed by atoms with Crippen molar-refractivity contribution >= 4 is 11.9 Å². The molecule has 1 aromatic rings. The molecule has 106 valence electrons. The number of carbonyl (C=O) groups excluding carboxylic acids is 1. The number of nitrogens with one attached hydrogen (secondary N) is 1. The lowest BCUT2D eigenvalue weighted by Crippen LogP contribution is -2.42. The molecule has 2 saturated carbocycles. The molecule has 0 spiro atoms. The molecule has 1 unspecified atom stereocenters. The van der Waals surface area contributed by atoms with Crippen molar-refractivity contribution in [1.29, 1.82) is 0 Å². The van der Waals surface area contributed by atoms with Gasteiger partial charge in [0, 0.05) is 5.56 Å². The quantitative estimate of drug-likeness (QED) is 0.866. The highest BCUT2D eigenvalue weighted by atomic mass is 16.4. The predicted molar refractivity (Wildman–Crippen MR) is 74.6 cm³/mol. The van der Waals surface area contributed by atoms with Gasteiger partial charge in [-0.1, -0.05) is 18.6 Å². The fourth-order valence-corrected chi connectivity index (χ4v) is 2.68. The van der Waals surface area contributed by atoms with Crippen LogP contribution in [0.5, 0.6) is 0 Å². The summed E-state index contributed by atoms with van der Waals surface area (Å²) < 4.78 is 0. The summed E-state index contributed by atoms with van der Waals surface area (Å²) in [6.45, 7) is 0. The number of rotatable bonds is 5. The zero-order valence-corrected chi connectivity index (χ0v) is 11.3. The number of carboxylic acid groups (broad SMARTS) is 1. The number of amides is 1. The number of aliphatic carboxylic acids is 1. The third-order valence-electron chi connectivity index (χ3n) is 4.40. The molecule has 4 heteroatoms. The number of benzene rings is 1. The van der Waals surface area contributed by atoms with E-state index < -0.39 is 12.0 Å². The summed E-state index contributed by atoms with van der Waals surface area (Å²) in [6, 6.07) is 6.84. The average Bonchev–Trinajstić information content (AvgIpc) is 3.18.